The average Bonchev–Trinajstić information content (AvgIpc) is 0.800. The van der Waals surface area contributed by atoms with Crippen LogP contribution in [0, 0.1) is 0 Å². The zero-order chi connectivity index (χ0) is 66.9. The summed E-state index contributed by atoms with van der Waals surface area (Å²) >= 11 is 0. The number of hydrogen-bond donors (Lipinski definition) is 9. The van der Waals surface area contributed by atoms with E-state index in [1.54, 1.807) is 0 Å². The fourth-order valence-electron chi connectivity index (χ4n) is 8.01. The first-order chi connectivity index (χ1) is 42.2. The number of sulfone groups is 2. The van der Waals surface area contributed by atoms with Crippen LogP contribution in [0.2, 0.25) is 0 Å². The maximum Gasteiger partial charge on any atom is 0.397 e. The first kappa shape index (κ1) is 68.3. The minimum absolute atomic E-state index is 0.0521. The number of phenols is 2. The molecular formula is C48H39N9O26S8. The number of nitrogens with one attached hydrogen (secondary N) is 1. The molecule has 0 bridgehead atoms. The maximum absolute atomic E-state index is 12.8. The van der Waals surface area contributed by atoms with Gasteiger partial charge in [0.05, 0.1) is 62.2 Å². The van der Waals surface area contributed by atoms with Crippen LogP contribution in [-0.2, 0) is 89.3 Å². The molecule has 35 nitrogen and oxygen atoms in total. The number of phenolic OH excluding ortho intramolecular Hbond substituents is 2. The maximum atomic E-state index is 12.8. The fraction of sp³-hybridized carbons (Fsp3) is 0.0833. The molecule has 0 atom stereocenters. The van der Waals surface area contributed by atoms with E-state index in [-0.39, 0.29) is 67.0 Å². The number of benzene rings is 8. The predicted molar refractivity (Wildman–Crippen MR) is 315 cm³/mol. The summed E-state index contributed by atoms with van der Waals surface area (Å²) < 4.78 is 259. The Labute approximate surface area is 514 Å². The van der Waals surface area contributed by atoms with Gasteiger partial charge in [-0.05, 0) is 103 Å². The van der Waals surface area contributed by atoms with Crippen molar-refractivity contribution in [2.75, 3.05) is 30.0 Å². The molecule has 0 saturated carbocycles. The molecule has 0 saturated heterocycles. The first-order valence-electron chi connectivity index (χ1n) is 24.3. The van der Waals surface area contributed by atoms with Crippen molar-refractivity contribution in [2.45, 2.75) is 29.4 Å². The molecule has 0 amide bonds. The third-order valence-electron chi connectivity index (χ3n) is 12.1. The molecule has 8 rings (SSSR count). The van der Waals surface area contributed by atoms with Gasteiger partial charge in [0.1, 0.15) is 48.9 Å². The SMILES string of the molecule is O=S(=O)(O)OCCS(=O)(=O)c1ccc(/N=N/c2ccc(/N=N/c3ccc(Nc4ccc(/N=N/c5ccc(/N=N/c6ccc(S(=O)(=O)CCOS(=O)(=O)O)cc6S(=O)(=O)O)c6c(S(=O)(=O)O)cccc56)c(O)c4)cc3O)c3cc(S(=O)(=O)O)ccc23)c(S(=O)(=O)O)c1. The van der Waals surface area contributed by atoms with Crippen LogP contribution in [0.15, 0.2) is 204 Å². The van der Waals surface area contributed by atoms with E-state index < -0.39 is 158 Å². The highest BCUT2D eigenvalue weighted by Crippen LogP contribution is 2.43. The van der Waals surface area contributed by atoms with Crippen molar-refractivity contribution in [1.82, 2.24) is 0 Å². The van der Waals surface area contributed by atoms with Gasteiger partial charge >= 0.3 is 20.8 Å². The van der Waals surface area contributed by atoms with Crippen molar-refractivity contribution in [1.29, 1.82) is 0 Å². The lowest BCUT2D eigenvalue weighted by Gasteiger charge is -2.10. The summed E-state index contributed by atoms with van der Waals surface area (Å²) in [7, 11) is -39.5. The van der Waals surface area contributed by atoms with Gasteiger partial charge in [-0.1, -0.05) is 18.2 Å². The van der Waals surface area contributed by atoms with Crippen molar-refractivity contribution in [3.8, 4) is 11.5 Å². The summed E-state index contributed by atoms with van der Waals surface area (Å²) in [4.78, 5) is -5.05. The number of azo groups is 4. The predicted octanol–water partition coefficient (Wildman–Crippen LogP) is 8.98. The third kappa shape index (κ3) is 17.2. The standard InChI is InChI=1S/C48H39N9O26S8/c58-43-22-27(4-10-38(43)53-51-36-16-17-42(48-33(36)2-1-3-45(48)87(67,68)69)57-56-41-13-8-30(26-47(41)89(73,74)75)85(62,63)21-19-83-91(79,80)81)49-28-5-11-39(44(59)23-28)54-52-37-15-14-35(32-9-6-31(24-34(32)37)86(64,65)66)50-55-40-12-7-29(25-46(40)88(70,71)72)84(60,61)20-18-82-90(76,77)78/h1-17,22-26,49,58-59H,18-21H2,(H,64,65,66)(H,67,68,69)(H,70,71,72)(H,73,74,75)(H,76,77,78)(H,79,80,81)/b53-51+,54-52+,55-50+,57-56+. The summed E-state index contributed by atoms with van der Waals surface area (Å²) in [5, 5.41) is 56.4. The van der Waals surface area contributed by atoms with Crippen LogP contribution in [0.3, 0.4) is 0 Å². The number of hydrogen-bond acceptors (Lipinski definition) is 29. The Morgan fingerprint density at radius 2 is 0.692 bits per heavy atom. The highest BCUT2D eigenvalue weighted by Gasteiger charge is 2.26. The first-order valence-corrected chi connectivity index (χ1v) is 36.1. The highest BCUT2D eigenvalue weighted by atomic mass is 32.3. The number of aromatic hydroxyl groups is 2. The quantitative estimate of drug-likeness (QED) is 0.0201. The average molecular weight is 1410 g/mol. The van der Waals surface area contributed by atoms with Gasteiger partial charge in [0.25, 0.3) is 40.5 Å². The summed E-state index contributed by atoms with van der Waals surface area (Å²) in [5.74, 6) is -3.10. The van der Waals surface area contributed by atoms with E-state index in [1.807, 2.05) is 0 Å². The van der Waals surface area contributed by atoms with Crippen LogP contribution in [0.25, 0.3) is 21.5 Å². The van der Waals surface area contributed by atoms with Crippen LogP contribution in [0.1, 0.15) is 0 Å². The monoisotopic (exact) mass is 1410 g/mol. The normalized spacial score (nSPS) is 13.4. The van der Waals surface area contributed by atoms with E-state index in [2.05, 4.69) is 54.6 Å². The van der Waals surface area contributed by atoms with Gasteiger partial charge in [0, 0.05) is 45.1 Å². The second-order valence-electron chi connectivity index (χ2n) is 18.2. The largest absolute Gasteiger partial charge is 0.506 e. The highest BCUT2D eigenvalue weighted by molar-refractivity contribution is 7.92. The van der Waals surface area contributed by atoms with Gasteiger partial charge in [-0.3, -0.25) is 27.3 Å². The van der Waals surface area contributed by atoms with Crippen molar-refractivity contribution in [3.63, 3.8) is 0 Å². The smallest absolute Gasteiger partial charge is 0.397 e. The van der Waals surface area contributed by atoms with Gasteiger partial charge in [-0.25, -0.2) is 25.2 Å². The Hall–Kier alpha value is -8.64. The van der Waals surface area contributed by atoms with E-state index in [0.29, 0.717) is 12.1 Å². The van der Waals surface area contributed by atoms with Crippen LogP contribution < -0.4 is 5.32 Å². The number of fused-ring (bicyclic) bond motifs is 2. The van der Waals surface area contributed by atoms with Crippen LogP contribution in [0.4, 0.5) is 56.9 Å². The molecule has 0 radical (unpaired) electrons. The Morgan fingerprint density at radius 1 is 0.330 bits per heavy atom. The zero-order valence-corrected chi connectivity index (χ0v) is 51.3. The lowest BCUT2D eigenvalue weighted by atomic mass is 10.1. The minimum Gasteiger partial charge on any atom is -0.506 e. The summed E-state index contributed by atoms with van der Waals surface area (Å²) in [6, 6.07) is 23.6. The molecule has 0 fully saturated rings. The van der Waals surface area contributed by atoms with Crippen LogP contribution in [-0.4, -0.2) is 130 Å². The number of anilines is 2. The second-order valence-corrected chi connectivity index (χ2v) is 30.2. The molecule has 8 aromatic rings. The lowest BCUT2D eigenvalue weighted by molar-refractivity contribution is 0.282. The van der Waals surface area contributed by atoms with Crippen molar-refractivity contribution in [2.24, 2.45) is 40.9 Å². The fourth-order valence-corrected chi connectivity index (χ4v) is 13.7. The van der Waals surface area contributed by atoms with Gasteiger partial charge in [0.15, 0.2) is 19.7 Å². The molecule has 0 spiro atoms. The topological polar surface area (TPSA) is 564 Å². The zero-order valence-electron chi connectivity index (χ0n) is 44.8. The number of rotatable bonds is 24. The Morgan fingerprint density at radius 3 is 1.11 bits per heavy atom. The minimum atomic E-state index is -5.28. The van der Waals surface area contributed by atoms with E-state index >= 15 is 0 Å². The molecule has 0 aliphatic heterocycles. The molecule has 0 aliphatic carbocycles. The lowest BCUT2D eigenvalue weighted by Crippen LogP contribution is -2.16. The van der Waals surface area contributed by atoms with E-state index in [4.69, 9.17) is 9.11 Å². The number of nitrogens with zero attached hydrogens (tertiary/aromatic N) is 8. The van der Waals surface area contributed by atoms with Crippen LogP contribution >= 0.6 is 0 Å². The van der Waals surface area contributed by atoms with Gasteiger partial charge < -0.3 is 15.5 Å². The van der Waals surface area contributed by atoms with E-state index in [9.17, 15) is 95.8 Å². The molecular weight excluding hydrogens is 1380 g/mol. The molecule has 43 heteroatoms. The summed E-state index contributed by atoms with van der Waals surface area (Å²) in [6.07, 6.45) is 0. The van der Waals surface area contributed by atoms with Crippen LogP contribution in [0.5, 0.6) is 11.5 Å². The van der Waals surface area contributed by atoms with E-state index in [1.165, 1.54) is 72.8 Å². The van der Waals surface area contributed by atoms with Gasteiger partial charge in [0.2, 0.25) is 0 Å². The van der Waals surface area contributed by atoms with Crippen molar-refractivity contribution in [3.05, 3.63) is 133 Å². The van der Waals surface area contributed by atoms with Crippen molar-refractivity contribution < 1.29 is 113 Å². The molecule has 0 aromatic heterocycles. The molecule has 0 unspecified atom stereocenters. The Balaban J connectivity index is 1.02. The molecule has 9 N–H and O–H groups in total. The molecule has 0 aliphatic rings. The summed E-state index contributed by atoms with van der Waals surface area (Å²) in [6.45, 7) is -2.13. The molecule has 91 heavy (non-hydrogen) atoms. The molecule has 8 aromatic carbocycles. The Bertz CT molecular complexity index is 5330. The van der Waals surface area contributed by atoms with Crippen molar-refractivity contribution >= 4 is 159 Å². The Kier molecular flexibility index (Phi) is 19.5. The third-order valence-corrected chi connectivity index (χ3v) is 19.9. The molecule has 480 valence electrons. The second kappa shape index (κ2) is 25.9. The van der Waals surface area contributed by atoms with Gasteiger partial charge in [-0.15, -0.1) is 40.9 Å². The molecule has 0 heterocycles. The summed E-state index contributed by atoms with van der Waals surface area (Å²) in [5.41, 5.74) is -1.85. The van der Waals surface area contributed by atoms with E-state index in [0.717, 1.165) is 48.5 Å². The van der Waals surface area contributed by atoms with Gasteiger partial charge in [-0.2, -0.15) is 50.5 Å².